The first-order chi connectivity index (χ1) is 10.5. The summed E-state index contributed by atoms with van der Waals surface area (Å²) in [7, 11) is 1.55. The summed E-state index contributed by atoms with van der Waals surface area (Å²) in [4.78, 5) is 37.1. The summed E-state index contributed by atoms with van der Waals surface area (Å²) in [5.41, 5.74) is 2.68. The average molecular weight is 302 g/mol. The monoisotopic (exact) mass is 302 g/mol. The van der Waals surface area contributed by atoms with E-state index >= 15 is 0 Å². The number of likely N-dealkylation sites (N-methyl/N-ethyl adjacent to an activating group) is 1. The topological polar surface area (TPSA) is 66.5 Å². The average Bonchev–Trinajstić information content (AvgIpc) is 2.84. The van der Waals surface area contributed by atoms with Crippen LogP contribution in [0.1, 0.15) is 54.1 Å². The van der Waals surface area contributed by atoms with Crippen molar-refractivity contribution < 1.29 is 14.4 Å². The number of fused-ring (bicyclic) bond motifs is 1. The molecule has 1 aliphatic heterocycles. The zero-order valence-corrected chi connectivity index (χ0v) is 13.3. The van der Waals surface area contributed by atoms with Crippen LogP contribution in [0.3, 0.4) is 0 Å². The third-order valence-corrected chi connectivity index (χ3v) is 4.10. The first-order valence-corrected chi connectivity index (χ1v) is 7.59. The highest BCUT2D eigenvalue weighted by molar-refractivity contribution is 6.02. The van der Waals surface area contributed by atoms with Crippen LogP contribution in [0.4, 0.5) is 0 Å². The van der Waals surface area contributed by atoms with Gasteiger partial charge in [-0.1, -0.05) is 32.0 Å². The summed E-state index contributed by atoms with van der Waals surface area (Å²) in [6.45, 7) is 4.52. The fraction of sp³-hybridized carbons (Fsp3) is 0.471. The van der Waals surface area contributed by atoms with Gasteiger partial charge in [0.25, 0.3) is 5.91 Å². The Bertz CT molecular complexity index is 596. The van der Waals surface area contributed by atoms with E-state index in [2.05, 4.69) is 5.32 Å². The predicted molar refractivity (Wildman–Crippen MR) is 83.6 cm³/mol. The van der Waals surface area contributed by atoms with Crippen LogP contribution in [-0.2, 0) is 16.1 Å². The maximum Gasteiger partial charge on any atom is 0.255 e. The smallest absolute Gasteiger partial charge is 0.255 e. The molecule has 22 heavy (non-hydrogen) atoms. The fourth-order valence-corrected chi connectivity index (χ4v) is 2.97. The van der Waals surface area contributed by atoms with Crippen molar-refractivity contribution in [3.63, 3.8) is 0 Å². The molecule has 0 fully saturated rings. The van der Waals surface area contributed by atoms with Crippen molar-refractivity contribution in [2.75, 3.05) is 7.05 Å². The van der Waals surface area contributed by atoms with Crippen molar-refractivity contribution in [3.05, 3.63) is 34.9 Å². The summed E-state index contributed by atoms with van der Waals surface area (Å²) in [6.07, 6.45) is 1.39. The predicted octanol–water partition coefficient (Wildman–Crippen LogP) is 1.86. The molecule has 118 valence electrons. The van der Waals surface area contributed by atoms with Gasteiger partial charge in [0.15, 0.2) is 0 Å². The second-order valence-corrected chi connectivity index (χ2v) is 5.84. The molecule has 5 nitrogen and oxygen atoms in total. The molecule has 0 aliphatic carbocycles. The molecule has 5 heteroatoms. The van der Waals surface area contributed by atoms with Gasteiger partial charge in [-0.25, -0.2) is 0 Å². The number of rotatable bonds is 6. The lowest BCUT2D eigenvalue weighted by Gasteiger charge is -2.26. The van der Waals surface area contributed by atoms with Crippen LogP contribution in [0.2, 0.25) is 0 Å². The second-order valence-electron chi connectivity index (χ2n) is 5.84. The molecule has 0 radical (unpaired) electrons. The van der Waals surface area contributed by atoms with Crippen LogP contribution in [0.25, 0.3) is 0 Å². The van der Waals surface area contributed by atoms with E-state index in [1.807, 2.05) is 32.0 Å². The molecule has 1 heterocycles. The number of benzene rings is 1. The van der Waals surface area contributed by atoms with Gasteiger partial charge in [0.1, 0.15) is 12.3 Å². The number of carbonyl (C=O) groups is 3. The van der Waals surface area contributed by atoms with Crippen molar-refractivity contribution in [1.82, 2.24) is 10.2 Å². The number of hydrogen-bond donors (Lipinski definition) is 1. The lowest BCUT2D eigenvalue weighted by atomic mass is 9.94. The van der Waals surface area contributed by atoms with Crippen LogP contribution in [-0.4, -0.2) is 36.1 Å². The van der Waals surface area contributed by atoms with Gasteiger partial charge in [-0.05, 0) is 23.5 Å². The number of carbonyl (C=O) groups excluding carboxylic acids is 3. The molecule has 1 N–H and O–H groups in total. The quantitative estimate of drug-likeness (QED) is 0.816. The van der Waals surface area contributed by atoms with Crippen molar-refractivity contribution in [2.24, 2.45) is 0 Å². The van der Waals surface area contributed by atoms with Gasteiger partial charge in [-0.15, -0.1) is 0 Å². The molecule has 0 bridgehead atoms. The number of hydrogen-bond acceptors (Lipinski definition) is 3. The van der Waals surface area contributed by atoms with Crippen molar-refractivity contribution >= 4 is 18.1 Å². The Labute approximate surface area is 130 Å². The summed E-state index contributed by atoms with van der Waals surface area (Å²) in [6, 6.07) is 5.24. The highest BCUT2D eigenvalue weighted by Crippen LogP contribution is 2.32. The Balaban J connectivity index is 2.35. The van der Waals surface area contributed by atoms with Crippen LogP contribution in [0.5, 0.6) is 0 Å². The Kier molecular flexibility index (Phi) is 4.96. The molecular weight excluding hydrogens is 280 g/mol. The standard InChI is InChI=1S/C17H22N2O3/c1-11(2)13-7-4-6-12-10-19(17(22)15(12)13)14(8-5-9-20)16(21)18-3/h4,6-7,9,11,14H,5,8,10H2,1-3H3,(H,18,21). The molecule has 0 saturated carbocycles. The normalized spacial score (nSPS) is 14.9. The van der Waals surface area contributed by atoms with Crippen LogP contribution in [0.15, 0.2) is 18.2 Å². The van der Waals surface area contributed by atoms with E-state index in [-0.39, 0.29) is 24.2 Å². The van der Waals surface area contributed by atoms with Gasteiger partial charge < -0.3 is 15.0 Å². The molecule has 0 aromatic heterocycles. The first-order valence-electron chi connectivity index (χ1n) is 7.59. The minimum absolute atomic E-state index is 0.112. The van der Waals surface area contributed by atoms with Crippen molar-refractivity contribution in [2.45, 2.75) is 45.2 Å². The summed E-state index contributed by atoms with van der Waals surface area (Å²) < 4.78 is 0. The molecule has 1 aromatic rings. The molecule has 1 atom stereocenters. The Morgan fingerprint density at radius 2 is 2.14 bits per heavy atom. The molecule has 1 aromatic carbocycles. The minimum atomic E-state index is -0.602. The molecule has 2 amide bonds. The molecule has 1 aliphatic rings. The molecule has 1 unspecified atom stereocenters. The van der Waals surface area contributed by atoms with Gasteiger partial charge in [0.2, 0.25) is 5.91 Å². The number of amides is 2. The number of nitrogens with zero attached hydrogens (tertiary/aromatic N) is 1. The lowest BCUT2D eigenvalue weighted by molar-refractivity contribution is -0.125. The minimum Gasteiger partial charge on any atom is -0.357 e. The molecular formula is C17H22N2O3. The van der Waals surface area contributed by atoms with Gasteiger partial charge in [0.05, 0.1) is 0 Å². The lowest BCUT2D eigenvalue weighted by Crippen LogP contribution is -2.46. The zero-order chi connectivity index (χ0) is 16.3. The Hall–Kier alpha value is -2.17. The van der Waals surface area contributed by atoms with Crippen molar-refractivity contribution in [3.8, 4) is 0 Å². The summed E-state index contributed by atoms with van der Waals surface area (Å²) in [5.74, 6) is -0.0971. The van der Waals surface area contributed by atoms with E-state index in [1.54, 1.807) is 11.9 Å². The Morgan fingerprint density at radius 1 is 1.41 bits per heavy atom. The van der Waals surface area contributed by atoms with Crippen LogP contribution < -0.4 is 5.32 Å². The highest BCUT2D eigenvalue weighted by Gasteiger charge is 2.37. The Morgan fingerprint density at radius 3 is 2.73 bits per heavy atom. The maximum absolute atomic E-state index is 12.8. The van der Waals surface area contributed by atoms with E-state index in [9.17, 15) is 14.4 Å². The van der Waals surface area contributed by atoms with Gasteiger partial charge in [-0.2, -0.15) is 0 Å². The SMILES string of the molecule is CNC(=O)C(CCC=O)N1Cc2cccc(C(C)C)c2C1=O. The maximum atomic E-state index is 12.8. The van der Waals surface area contributed by atoms with Gasteiger partial charge in [-0.3, -0.25) is 9.59 Å². The number of nitrogens with one attached hydrogen (secondary N) is 1. The van der Waals surface area contributed by atoms with E-state index < -0.39 is 6.04 Å². The van der Waals surface area contributed by atoms with E-state index in [4.69, 9.17) is 0 Å². The van der Waals surface area contributed by atoms with E-state index in [0.29, 0.717) is 13.0 Å². The second kappa shape index (κ2) is 6.73. The summed E-state index contributed by atoms with van der Waals surface area (Å²) in [5, 5.41) is 2.59. The zero-order valence-electron chi connectivity index (χ0n) is 13.3. The van der Waals surface area contributed by atoms with Gasteiger partial charge >= 0.3 is 0 Å². The summed E-state index contributed by atoms with van der Waals surface area (Å²) >= 11 is 0. The third kappa shape index (κ3) is 2.89. The third-order valence-electron chi connectivity index (χ3n) is 4.10. The number of aldehydes is 1. The van der Waals surface area contributed by atoms with E-state index in [1.165, 1.54) is 0 Å². The van der Waals surface area contributed by atoms with Crippen LogP contribution >= 0.6 is 0 Å². The highest BCUT2D eigenvalue weighted by atomic mass is 16.2. The fourth-order valence-electron chi connectivity index (χ4n) is 2.97. The van der Waals surface area contributed by atoms with Gasteiger partial charge in [0, 0.05) is 25.6 Å². The van der Waals surface area contributed by atoms with Crippen molar-refractivity contribution in [1.29, 1.82) is 0 Å². The molecule has 0 spiro atoms. The largest absolute Gasteiger partial charge is 0.357 e. The molecule has 0 saturated heterocycles. The first kappa shape index (κ1) is 16.2. The van der Waals surface area contributed by atoms with Crippen LogP contribution in [0, 0.1) is 0 Å². The van der Waals surface area contributed by atoms with E-state index in [0.717, 1.165) is 23.0 Å². The molecule has 2 rings (SSSR count).